The number of hydrogen-bond donors (Lipinski definition) is 4. The van der Waals surface area contributed by atoms with E-state index in [1.54, 1.807) is 12.1 Å². The van der Waals surface area contributed by atoms with Crippen LogP contribution in [0.5, 0.6) is 0 Å². The van der Waals surface area contributed by atoms with Gasteiger partial charge in [0, 0.05) is 18.7 Å². The van der Waals surface area contributed by atoms with Gasteiger partial charge in [0.05, 0.1) is 0 Å². The van der Waals surface area contributed by atoms with E-state index in [4.69, 9.17) is 5.73 Å². The molecule has 2 heterocycles. The highest BCUT2D eigenvalue weighted by atomic mass is 16.4. The summed E-state index contributed by atoms with van der Waals surface area (Å²) in [6.45, 7) is 4.53. The van der Waals surface area contributed by atoms with Crippen LogP contribution in [0.15, 0.2) is 29.1 Å². The fraction of sp³-hybridized carbons (Fsp3) is 0.350. The van der Waals surface area contributed by atoms with E-state index < -0.39 is 28.6 Å². The van der Waals surface area contributed by atoms with E-state index in [2.05, 4.69) is 16.8 Å². The van der Waals surface area contributed by atoms with Gasteiger partial charge in [-0.1, -0.05) is 31.2 Å². The number of likely N-dealkylation sites (tertiary alicyclic amines) is 1. The lowest BCUT2D eigenvalue weighted by Crippen LogP contribution is -2.34. The highest BCUT2D eigenvalue weighted by Gasteiger charge is 2.28. The molecule has 1 aliphatic rings. The minimum atomic E-state index is -1.50. The molecule has 2 aromatic rings. The maximum absolute atomic E-state index is 12.3. The first-order chi connectivity index (χ1) is 13.3. The zero-order valence-corrected chi connectivity index (χ0v) is 15.6. The molecule has 5 N–H and O–H groups in total. The molecule has 1 fully saturated rings. The molecule has 0 spiro atoms. The van der Waals surface area contributed by atoms with Crippen LogP contribution in [0.2, 0.25) is 0 Å². The molecule has 148 valence electrons. The van der Waals surface area contributed by atoms with Crippen LogP contribution in [0.4, 0.5) is 5.82 Å². The van der Waals surface area contributed by atoms with Crippen LogP contribution in [0, 0.1) is 5.92 Å². The van der Waals surface area contributed by atoms with Gasteiger partial charge in [-0.25, -0.2) is 9.59 Å². The van der Waals surface area contributed by atoms with Gasteiger partial charge in [0.1, 0.15) is 16.9 Å². The Labute approximate surface area is 161 Å². The first-order valence-corrected chi connectivity index (χ1v) is 9.12. The summed E-state index contributed by atoms with van der Waals surface area (Å²) in [5.41, 5.74) is 4.79. The van der Waals surface area contributed by atoms with Gasteiger partial charge in [-0.05, 0) is 36.4 Å². The molecular weight excluding hydrogens is 362 g/mol. The number of piperidine rings is 1. The number of nitrogen functional groups attached to an aromatic ring is 1. The van der Waals surface area contributed by atoms with Crippen molar-refractivity contribution in [2.24, 2.45) is 5.92 Å². The Bertz CT molecular complexity index is 982. The largest absolute Gasteiger partial charge is 0.478 e. The Kier molecular flexibility index (Phi) is 5.51. The second-order valence-corrected chi connectivity index (χ2v) is 7.24. The van der Waals surface area contributed by atoms with Gasteiger partial charge in [0.2, 0.25) is 0 Å². The fourth-order valence-electron chi connectivity index (χ4n) is 3.89. The summed E-state index contributed by atoms with van der Waals surface area (Å²) in [7, 11) is 0. The number of carboxylic acid groups (broad SMARTS) is 2. The minimum Gasteiger partial charge on any atom is -0.478 e. The number of H-pyrrole nitrogens is 1. The maximum atomic E-state index is 12.3. The topological polar surface area (TPSA) is 137 Å². The molecule has 0 amide bonds. The normalized spacial score (nSPS) is 17.4. The maximum Gasteiger partial charge on any atom is 0.342 e. The van der Waals surface area contributed by atoms with Gasteiger partial charge < -0.3 is 20.9 Å². The molecule has 8 heteroatoms. The molecule has 0 bridgehead atoms. The van der Waals surface area contributed by atoms with Gasteiger partial charge in [-0.15, -0.1) is 0 Å². The molecule has 1 aromatic carbocycles. The predicted octanol–water partition coefficient (Wildman–Crippen LogP) is 2.25. The number of rotatable bonds is 5. The number of anilines is 1. The lowest BCUT2D eigenvalue weighted by atomic mass is 9.91. The third-order valence-electron chi connectivity index (χ3n) is 5.09. The number of aromatic amines is 1. The number of carboxylic acids is 2. The van der Waals surface area contributed by atoms with E-state index in [0.717, 1.165) is 31.5 Å². The number of pyridine rings is 1. The van der Waals surface area contributed by atoms with Crippen LogP contribution in [-0.2, 0) is 6.54 Å². The number of nitrogens with two attached hydrogens (primary N) is 1. The number of aromatic nitrogens is 1. The summed E-state index contributed by atoms with van der Waals surface area (Å²) in [4.78, 5) is 40.3. The van der Waals surface area contributed by atoms with Crippen LogP contribution in [0.1, 0.15) is 46.0 Å². The van der Waals surface area contributed by atoms with Gasteiger partial charge in [0.15, 0.2) is 0 Å². The number of carbonyl (C=O) groups is 2. The van der Waals surface area contributed by atoms with Crippen LogP contribution >= 0.6 is 0 Å². The molecule has 8 nitrogen and oxygen atoms in total. The van der Waals surface area contributed by atoms with Gasteiger partial charge in [-0.2, -0.15) is 0 Å². The molecule has 0 saturated carbocycles. The smallest absolute Gasteiger partial charge is 0.342 e. The summed E-state index contributed by atoms with van der Waals surface area (Å²) in [6.07, 6.45) is 2.23. The first-order valence-electron chi connectivity index (χ1n) is 9.12. The number of aromatic carboxylic acids is 2. The highest BCUT2D eigenvalue weighted by molar-refractivity contribution is 6.07. The van der Waals surface area contributed by atoms with Crippen molar-refractivity contribution in [3.05, 3.63) is 51.3 Å². The monoisotopic (exact) mass is 385 g/mol. The summed E-state index contributed by atoms with van der Waals surface area (Å²) in [5, 5.41) is 19.2. The van der Waals surface area contributed by atoms with E-state index in [1.807, 2.05) is 12.1 Å². The van der Waals surface area contributed by atoms with Crippen molar-refractivity contribution >= 4 is 17.8 Å². The summed E-state index contributed by atoms with van der Waals surface area (Å²) < 4.78 is 0. The van der Waals surface area contributed by atoms with E-state index in [9.17, 15) is 24.6 Å². The van der Waals surface area contributed by atoms with Crippen molar-refractivity contribution in [1.29, 1.82) is 0 Å². The fourth-order valence-corrected chi connectivity index (χ4v) is 3.89. The summed E-state index contributed by atoms with van der Waals surface area (Å²) in [5.74, 6) is -2.70. The molecule has 28 heavy (non-hydrogen) atoms. The van der Waals surface area contributed by atoms with Crippen molar-refractivity contribution in [3.63, 3.8) is 0 Å². The number of nitrogens with zero attached hydrogens (tertiary/aromatic N) is 1. The molecule has 1 aromatic heterocycles. The zero-order chi connectivity index (χ0) is 20.4. The highest BCUT2D eigenvalue weighted by Crippen LogP contribution is 2.33. The van der Waals surface area contributed by atoms with Crippen LogP contribution in [0.25, 0.3) is 11.1 Å². The van der Waals surface area contributed by atoms with Crippen LogP contribution in [-0.4, -0.2) is 45.1 Å². The SMILES string of the molecule is CC1CCCN(Cc2ccccc2-c2c(C(=O)O)c(N)[nH]c(=O)c2C(=O)O)C1. The molecule has 1 aliphatic heterocycles. The molecule has 1 saturated heterocycles. The van der Waals surface area contributed by atoms with Gasteiger partial charge in [-0.3, -0.25) is 9.69 Å². The summed E-state index contributed by atoms with van der Waals surface area (Å²) >= 11 is 0. The third-order valence-corrected chi connectivity index (χ3v) is 5.09. The predicted molar refractivity (Wildman–Crippen MR) is 105 cm³/mol. The molecule has 1 atom stereocenters. The number of hydrogen-bond acceptors (Lipinski definition) is 5. The van der Waals surface area contributed by atoms with Crippen molar-refractivity contribution in [1.82, 2.24) is 9.88 Å². The lowest BCUT2D eigenvalue weighted by Gasteiger charge is -2.31. The Hall–Kier alpha value is -3.13. The second kappa shape index (κ2) is 7.85. The van der Waals surface area contributed by atoms with E-state index in [1.165, 1.54) is 0 Å². The summed E-state index contributed by atoms with van der Waals surface area (Å²) in [6, 6.07) is 6.95. The molecular formula is C20H23N3O5. The van der Waals surface area contributed by atoms with Crippen molar-refractivity contribution < 1.29 is 19.8 Å². The average Bonchev–Trinajstić information content (AvgIpc) is 2.60. The number of benzene rings is 1. The molecule has 0 radical (unpaired) electrons. The molecule has 1 unspecified atom stereocenters. The molecule has 0 aliphatic carbocycles. The Morgan fingerprint density at radius 2 is 1.89 bits per heavy atom. The third kappa shape index (κ3) is 3.77. The van der Waals surface area contributed by atoms with E-state index in [0.29, 0.717) is 18.0 Å². The molecule has 3 rings (SSSR count). The number of nitrogens with one attached hydrogen (secondary N) is 1. The van der Waals surface area contributed by atoms with Crippen molar-refractivity contribution in [2.45, 2.75) is 26.3 Å². The Morgan fingerprint density at radius 1 is 1.21 bits per heavy atom. The Balaban J connectivity index is 2.20. The van der Waals surface area contributed by atoms with Gasteiger partial charge >= 0.3 is 11.9 Å². The average molecular weight is 385 g/mol. The van der Waals surface area contributed by atoms with Crippen molar-refractivity contribution in [2.75, 3.05) is 18.8 Å². The zero-order valence-electron chi connectivity index (χ0n) is 15.6. The quantitative estimate of drug-likeness (QED) is 0.619. The first kappa shape index (κ1) is 19.6. The second-order valence-electron chi connectivity index (χ2n) is 7.24. The lowest BCUT2D eigenvalue weighted by molar-refractivity contribution is 0.0695. The Morgan fingerprint density at radius 3 is 2.54 bits per heavy atom. The van der Waals surface area contributed by atoms with Crippen LogP contribution < -0.4 is 11.3 Å². The van der Waals surface area contributed by atoms with Crippen molar-refractivity contribution in [3.8, 4) is 11.1 Å². The minimum absolute atomic E-state index is 0.151. The van der Waals surface area contributed by atoms with E-state index in [-0.39, 0.29) is 11.4 Å². The van der Waals surface area contributed by atoms with Crippen LogP contribution in [0.3, 0.4) is 0 Å². The standard InChI is InChI=1S/C20H23N3O5/c1-11-5-4-8-23(9-11)10-12-6-2-3-7-13(12)14-15(19(25)26)17(21)22-18(24)16(14)20(27)28/h2-3,6-7,11H,4-5,8-10H2,1H3,(H,25,26)(H,27,28)(H3,21,22,24). The van der Waals surface area contributed by atoms with Gasteiger partial charge in [0.25, 0.3) is 5.56 Å². The van der Waals surface area contributed by atoms with E-state index >= 15 is 0 Å².